The van der Waals surface area contributed by atoms with E-state index in [1.807, 2.05) is 37.3 Å². The van der Waals surface area contributed by atoms with Crippen LogP contribution in [0.5, 0.6) is 5.75 Å². The highest BCUT2D eigenvalue weighted by Crippen LogP contribution is 2.30. The zero-order valence-electron chi connectivity index (χ0n) is 14.0. The highest BCUT2D eigenvalue weighted by molar-refractivity contribution is 5.94. The second-order valence-electron chi connectivity index (χ2n) is 6.45. The van der Waals surface area contributed by atoms with Crippen LogP contribution in [0.3, 0.4) is 0 Å². The lowest BCUT2D eigenvalue weighted by molar-refractivity contribution is 0.0950. The number of amides is 1. The largest absolute Gasteiger partial charge is 0.493 e. The molecule has 1 aliphatic carbocycles. The first kappa shape index (κ1) is 16.5. The quantitative estimate of drug-likeness (QED) is 0.822. The molecular weight excluding hydrogens is 300 g/mol. The molecule has 0 radical (unpaired) electrons. The maximum atomic E-state index is 12.3. The number of ether oxygens (including phenoxy) is 1. The minimum absolute atomic E-state index is 0.0905. The number of hydrogen-bond donors (Lipinski definition) is 2. The molecular formula is C20H24N2O2. The Morgan fingerprint density at radius 1 is 1.21 bits per heavy atom. The maximum absolute atomic E-state index is 12.3. The molecule has 1 fully saturated rings. The summed E-state index contributed by atoms with van der Waals surface area (Å²) in [4.78, 5) is 12.3. The standard InChI is InChI=1S/C20H24N2O2/c1-14-2-7-18(19(10-14)24-13-16-3-4-16)12-22-20(23)17-8-5-15(11-21)6-9-17/h2,5-10,16H,3-4,11-13,21H2,1H3,(H,22,23). The van der Waals surface area contributed by atoms with Gasteiger partial charge < -0.3 is 15.8 Å². The number of nitrogens with one attached hydrogen (secondary N) is 1. The van der Waals surface area contributed by atoms with Gasteiger partial charge in [0.1, 0.15) is 5.75 Å². The first-order valence-electron chi connectivity index (χ1n) is 8.45. The molecule has 24 heavy (non-hydrogen) atoms. The molecule has 2 aromatic rings. The molecule has 4 nitrogen and oxygen atoms in total. The van der Waals surface area contributed by atoms with Crippen molar-refractivity contribution in [3.8, 4) is 5.75 Å². The third kappa shape index (κ3) is 4.36. The SMILES string of the molecule is Cc1ccc(CNC(=O)c2ccc(CN)cc2)c(OCC2CC2)c1. The Morgan fingerprint density at radius 3 is 2.62 bits per heavy atom. The number of benzene rings is 2. The van der Waals surface area contributed by atoms with E-state index in [9.17, 15) is 4.79 Å². The Hall–Kier alpha value is -2.33. The Bertz CT molecular complexity index is 706. The average Bonchev–Trinajstić information content (AvgIpc) is 3.43. The van der Waals surface area contributed by atoms with E-state index in [0.717, 1.165) is 29.0 Å². The lowest BCUT2D eigenvalue weighted by Crippen LogP contribution is -2.23. The summed E-state index contributed by atoms with van der Waals surface area (Å²) in [5.41, 5.74) is 9.40. The molecule has 126 valence electrons. The van der Waals surface area contributed by atoms with Gasteiger partial charge in [0.25, 0.3) is 5.91 Å². The second-order valence-corrected chi connectivity index (χ2v) is 6.45. The van der Waals surface area contributed by atoms with Crippen molar-refractivity contribution in [3.05, 3.63) is 64.7 Å². The van der Waals surface area contributed by atoms with E-state index in [0.29, 0.717) is 24.6 Å². The zero-order valence-corrected chi connectivity index (χ0v) is 14.0. The topological polar surface area (TPSA) is 64.4 Å². The third-order valence-corrected chi connectivity index (χ3v) is 4.29. The molecule has 0 unspecified atom stereocenters. The van der Waals surface area contributed by atoms with Crippen LogP contribution in [0, 0.1) is 12.8 Å². The van der Waals surface area contributed by atoms with Crippen molar-refractivity contribution >= 4 is 5.91 Å². The summed E-state index contributed by atoms with van der Waals surface area (Å²) < 4.78 is 5.94. The highest BCUT2D eigenvalue weighted by atomic mass is 16.5. The van der Waals surface area contributed by atoms with E-state index in [2.05, 4.69) is 5.32 Å². The van der Waals surface area contributed by atoms with Crippen LogP contribution in [0.1, 0.15) is 39.9 Å². The van der Waals surface area contributed by atoms with Crippen molar-refractivity contribution < 1.29 is 9.53 Å². The van der Waals surface area contributed by atoms with Gasteiger partial charge in [-0.15, -0.1) is 0 Å². The molecule has 1 saturated carbocycles. The summed E-state index contributed by atoms with van der Waals surface area (Å²) in [6.45, 7) is 3.75. The summed E-state index contributed by atoms with van der Waals surface area (Å²) in [6.07, 6.45) is 2.52. The molecule has 4 heteroatoms. The van der Waals surface area contributed by atoms with Crippen molar-refractivity contribution in [1.29, 1.82) is 0 Å². The van der Waals surface area contributed by atoms with Gasteiger partial charge in [0.2, 0.25) is 0 Å². The minimum Gasteiger partial charge on any atom is -0.493 e. The van der Waals surface area contributed by atoms with E-state index in [1.165, 1.54) is 12.8 Å². The second kappa shape index (κ2) is 7.49. The van der Waals surface area contributed by atoms with E-state index >= 15 is 0 Å². The summed E-state index contributed by atoms with van der Waals surface area (Å²) in [5.74, 6) is 1.49. The van der Waals surface area contributed by atoms with Crippen molar-refractivity contribution in [1.82, 2.24) is 5.32 Å². The fourth-order valence-corrected chi connectivity index (χ4v) is 2.50. The fourth-order valence-electron chi connectivity index (χ4n) is 2.50. The van der Waals surface area contributed by atoms with Gasteiger partial charge in [0.15, 0.2) is 0 Å². The number of hydrogen-bond acceptors (Lipinski definition) is 3. The lowest BCUT2D eigenvalue weighted by Gasteiger charge is -2.13. The van der Waals surface area contributed by atoms with Gasteiger partial charge in [0, 0.05) is 24.2 Å². The van der Waals surface area contributed by atoms with Crippen LogP contribution in [-0.2, 0) is 13.1 Å². The van der Waals surface area contributed by atoms with Crippen LogP contribution in [0.25, 0.3) is 0 Å². The molecule has 1 amide bonds. The molecule has 0 atom stereocenters. The van der Waals surface area contributed by atoms with Crippen molar-refractivity contribution in [2.45, 2.75) is 32.9 Å². The van der Waals surface area contributed by atoms with E-state index in [-0.39, 0.29) is 5.91 Å². The first-order valence-corrected chi connectivity index (χ1v) is 8.45. The predicted octanol–water partition coefficient (Wildman–Crippen LogP) is 3.17. The Balaban J connectivity index is 1.62. The minimum atomic E-state index is -0.0905. The molecule has 3 rings (SSSR count). The summed E-state index contributed by atoms with van der Waals surface area (Å²) in [7, 11) is 0. The first-order chi connectivity index (χ1) is 11.7. The summed E-state index contributed by atoms with van der Waals surface area (Å²) in [5, 5.41) is 2.97. The van der Waals surface area contributed by atoms with Crippen molar-refractivity contribution in [3.63, 3.8) is 0 Å². The molecule has 0 saturated heterocycles. The van der Waals surface area contributed by atoms with Gasteiger partial charge in [-0.2, -0.15) is 0 Å². The number of nitrogens with two attached hydrogens (primary N) is 1. The molecule has 0 spiro atoms. The van der Waals surface area contributed by atoms with Gasteiger partial charge in [-0.25, -0.2) is 0 Å². The predicted molar refractivity (Wildman–Crippen MR) is 94.9 cm³/mol. The average molecular weight is 324 g/mol. The fraction of sp³-hybridized carbons (Fsp3) is 0.350. The van der Waals surface area contributed by atoms with E-state index in [1.54, 1.807) is 12.1 Å². The van der Waals surface area contributed by atoms with E-state index in [4.69, 9.17) is 10.5 Å². The Labute approximate surface area is 143 Å². The van der Waals surface area contributed by atoms with Crippen LogP contribution >= 0.6 is 0 Å². The van der Waals surface area contributed by atoms with Crippen LogP contribution in [-0.4, -0.2) is 12.5 Å². The van der Waals surface area contributed by atoms with Crippen LogP contribution in [0.15, 0.2) is 42.5 Å². The number of carbonyl (C=O) groups is 1. The molecule has 0 aliphatic heterocycles. The van der Waals surface area contributed by atoms with Crippen molar-refractivity contribution in [2.24, 2.45) is 11.7 Å². The lowest BCUT2D eigenvalue weighted by atomic mass is 10.1. The molecule has 0 bridgehead atoms. The van der Waals surface area contributed by atoms with Crippen LogP contribution in [0.2, 0.25) is 0 Å². The van der Waals surface area contributed by atoms with Gasteiger partial charge in [0.05, 0.1) is 6.61 Å². The van der Waals surface area contributed by atoms with Crippen LogP contribution in [0.4, 0.5) is 0 Å². The number of carbonyl (C=O) groups excluding carboxylic acids is 1. The highest BCUT2D eigenvalue weighted by Gasteiger charge is 2.22. The maximum Gasteiger partial charge on any atom is 0.251 e. The molecule has 3 N–H and O–H groups in total. The van der Waals surface area contributed by atoms with Gasteiger partial charge in [-0.3, -0.25) is 4.79 Å². The van der Waals surface area contributed by atoms with Crippen LogP contribution < -0.4 is 15.8 Å². The van der Waals surface area contributed by atoms with Crippen molar-refractivity contribution in [2.75, 3.05) is 6.61 Å². The van der Waals surface area contributed by atoms with Gasteiger partial charge in [-0.1, -0.05) is 24.3 Å². The normalized spacial score (nSPS) is 13.6. The molecule has 0 aromatic heterocycles. The Kier molecular flexibility index (Phi) is 5.16. The molecule has 1 aliphatic rings. The zero-order chi connectivity index (χ0) is 16.9. The summed E-state index contributed by atoms with van der Waals surface area (Å²) >= 11 is 0. The third-order valence-electron chi connectivity index (χ3n) is 4.29. The summed E-state index contributed by atoms with van der Waals surface area (Å²) in [6, 6.07) is 13.5. The van der Waals surface area contributed by atoms with Gasteiger partial charge >= 0.3 is 0 Å². The smallest absolute Gasteiger partial charge is 0.251 e. The monoisotopic (exact) mass is 324 g/mol. The van der Waals surface area contributed by atoms with E-state index < -0.39 is 0 Å². The number of rotatable bonds is 7. The van der Waals surface area contributed by atoms with Gasteiger partial charge in [-0.05, 0) is 55.0 Å². The number of aryl methyl sites for hydroxylation is 1. The molecule has 0 heterocycles. The Morgan fingerprint density at radius 2 is 1.96 bits per heavy atom. The molecule has 2 aromatic carbocycles.